The Balaban J connectivity index is 1.33. The summed E-state index contributed by atoms with van der Waals surface area (Å²) in [5.41, 5.74) is 1.31. The number of carbonyl (C=O) groups is 3. The van der Waals surface area contributed by atoms with Crippen LogP contribution in [-0.4, -0.2) is 63.0 Å². The molecule has 2 atom stereocenters. The van der Waals surface area contributed by atoms with E-state index in [1.54, 1.807) is 34.1 Å². The summed E-state index contributed by atoms with van der Waals surface area (Å²) in [7, 11) is 0. The number of ether oxygens (including phenoxy) is 3. The molecule has 2 fully saturated rings. The Morgan fingerprint density at radius 2 is 2.09 bits per heavy atom. The number of hydrogen-bond donors (Lipinski definition) is 1. The predicted octanol–water partition coefficient (Wildman–Crippen LogP) is 2.33. The average molecular weight is 458 g/mol. The lowest BCUT2D eigenvalue weighted by molar-refractivity contribution is -0.125. The Labute approximate surface area is 188 Å². The molecular weight excluding hydrogens is 434 g/mol. The van der Waals surface area contributed by atoms with Gasteiger partial charge in [-0.3, -0.25) is 14.5 Å². The normalized spacial score (nSPS) is 22.5. The maximum atomic E-state index is 12.7. The van der Waals surface area contributed by atoms with Gasteiger partial charge in [0.25, 0.3) is 11.8 Å². The molecule has 3 aliphatic heterocycles. The number of amides is 3. The molecule has 0 spiro atoms. The molecule has 1 aromatic heterocycles. The van der Waals surface area contributed by atoms with E-state index in [1.807, 2.05) is 13.0 Å². The monoisotopic (exact) mass is 457 g/mol. The third-order valence-corrected chi connectivity index (χ3v) is 6.81. The summed E-state index contributed by atoms with van der Waals surface area (Å²) in [6.45, 7) is 3.55. The smallest absolute Gasteiger partial charge is 0.415 e. The molecule has 168 valence electrons. The van der Waals surface area contributed by atoms with Gasteiger partial charge in [0.15, 0.2) is 0 Å². The largest absolute Gasteiger partial charge is 0.491 e. The van der Waals surface area contributed by atoms with Gasteiger partial charge in [0.1, 0.15) is 18.5 Å². The lowest BCUT2D eigenvalue weighted by Crippen LogP contribution is -2.42. The van der Waals surface area contributed by atoms with Crippen LogP contribution in [0.1, 0.15) is 21.0 Å². The zero-order valence-electron chi connectivity index (χ0n) is 17.5. The second kappa shape index (κ2) is 8.44. The van der Waals surface area contributed by atoms with E-state index in [-0.39, 0.29) is 31.0 Å². The highest BCUT2D eigenvalue weighted by Gasteiger charge is 2.45. The molecule has 2 saturated heterocycles. The molecule has 0 aliphatic carbocycles. The molecule has 3 aliphatic rings. The SMILES string of the molecule is Cc1ccc(C(=O)NC[C@@H]2OC(=O)N3c4ccc(N5CCOCC5=O)cc4OCC[C@@H]23)s1. The van der Waals surface area contributed by atoms with Crippen molar-refractivity contribution in [1.82, 2.24) is 5.32 Å². The van der Waals surface area contributed by atoms with Crippen LogP contribution in [0.25, 0.3) is 0 Å². The molecule has 1 N–H and O–H groups in total. The van der Waals surface area contributed by atoms with Crippen molar-refractivity contribution < 1.29 is 28.6 Å². The maximum Gasteiger partial charge on any atom is 0.415 e. The van der Waals surface area contributed by atoms with Gasteiger partial charge in [-0.2, -0.15) is 0 Å². The molecule has 10 heteroatoms. The van der Waals surface area contributed by atoms with Crippen molar-refractivity contribution in [3.05, 3.63) is 40.1 Å². The molecule has 1 aromatic carbocycles. The van der Waals surface area contributed by atoms with E-state index in [0.717, 1.165) is 4.88 Å². The standard InChI is InChI=1S/C22H23N3O6S/c1-13-2-5-19(32-13)21(27)23-11-18-16-6-8-30-17-10-14(24-7-9-29-12-20(24)26)3-4-15(17)25(16)22(28)31-18/h2-5,10,16,18H,6-9,11-12H2,1H3,(H,23,27)/t16-,18-/m0/s1. The maximum absolute atomic E-state index is 12.7. The fourth-order valence-corrected chi connectivity index (χ4v) is 5.02. The van der Waals surface area contributed by atoms with Gasteiger partial charge in [0.2, 0.25) is 0 Å². The van der Waals surface area contributed by atoms with Gasteiger partial charge < -0.3 is 24.4 Å². The molecular formula is C22H23N3O6S. The minimum atomic E-state index is -0.484. The zero-order chi connectivity index (χ0) is 22.2. The van der Waals surface area contributed by atoms with Crippen molar-refractivity contribution in [1.29, 1.82) is 0 Å². The third kappa shape index (κ3) is 3.80. The topological polar surface area (TPSA) is 97.4 Å². The van der Waals surface area contributed by atoms with Crippen LogP contribution in [0.3, 0.4) is 0 Å². The number of thiophene rings is 1. The van der Waals surface area contributed by atoms with Crippen molar-refractivity contribution >= 4 is 40.6 Å². The Morgan fingerprint density at radius 1 is 1.22 bits per heavy atom. The first kappa shape index (κ1) is 20.8. The van der Waals surface area contributed by atoms with E-state index < -0.39 is 12.2 Å². The van der Waals surface area contributed by atoms with Crippen LogP contribution < -0.4 is 19.9 Å². The van der Waals surface area contributed by atoms with E-state index in [9.17, 15) is 14.4 Å². The number of nitrogens with zero attached hydrogens (tertiary/aromatic N) is 2. The number of carbonyl (C=O) groups excluding carboxylic acids is 3. The fraction of sp³-hybridized carbons (Fsp3) is 0.409. The number of rotatable bonds is 4. The van der Waals surface area contributed by atoms with Gasteiger partial charge in [-0.1, -0.05) is 0 Å². The van der Waals surface area contributed by atoms with E-state index in [2.05, 4.69) is 5.32 Å². The van der Waals surface area contributed by atoms with E-state index in [1.165, 1.54) is 11.3 Å². The first-order valence-corrected chi connectivity index (χ1v) is 11.3. The van der Waals surface area contributed by atoms with Gasteiger partial charge in [0, 0.05) is 29.6 Å². The van der Waals surface area contributed by atoms with Gasteiger partial charge in [-0.15, -0.1) is 11.3 Å². The molecule has 0 radical (unpaired) electrons. The van der Waals surface area contributed by atoms with Crippen LogP contribution in [0.5, 0.6) is 5.75 Å². The number of fused-ring (bicyclic) bond motifs is 3. The average Bonchev–Trinajstić information content (AvgIpc) is 3.29. The quantitative estimate of drug-likeness (QED) is 0.757. The first-order valence-electron chi connectivity index (χ1n) is 10.5. The highest BCUT2D eigenvalue weighted by atomic mass is 32.1. The summed E-state index contributed by atoms with van der Waals surface area (Å²) >= 11 is 1.42. The number of aryl methyl sites for hydroxylation is 1. The van der Waals surface area contributed by atoms with Crippen LogP contribution in [0.2, 0.25) is 0 Å². The van der Waals surface area contributed by atoms with Crippen LogP contribution in [-0.2, 0) is 14.3 Å². The highest BCUT2D eigenvalue weighted by Crippen LogP contribution is 2.40. The van der Waals surface area contributed by atoms with Crippen LogP contribution in [0.4, 0.5) is 16.2 Å². The summed E-state index contributed by atoms with van der Waals surface area (Å²) in [5, 5.41) is 2.88. The van der Waals surface area contributed by atoms with Gasteiger partial charge >= 0.3 is 6.09 Å². The molecule has 3 amide bonds. The Bertz CT molecular complexity index is 1070. The second-order valence-corrected chi connectivity index (χ2v) is 9.15. The Morgan fingerprint density at radius 3 is 2.88 bits per heavy atom. The Hall–Kier alpha value is -3.11. The summed E-state index contributed by atoms with van der Waals surface area (Å²) in [6, 6.07) is 8.79. The van der Waals surface area contributed by atoms with Crippen LogP contribution in [0.15, 0.2) is 30.3 Å². The summed E-state index contributed by atoms with van der Waals surface area (Å²) in [4.78, 5) is 42.3. The van der Waals surface area contributed by atoms with E-state index in [0.29, 0.717) is 48.2 Å². The van der Waals surface area contributed by atoms with E-state index >= 15 is 0 Å². The van der Waals surface area contributed by atoms with Crippen molar-refractivity contribution in [2.75, 3.05) is 42.7 Å². The first-order chi connectivity index (χ1) is 15.5. The predicted molar refractivity (Wildman–Crippen MR) is 118 cm³/mol. The third-order valence-electron chi connectivity index (χ3n) is 5.81. The fourth-order valence-electron chi connectivity index (χ4n) is 4.24. The number of anilines is 2. The summed E-state index contributed by atoms with van der Waals surface area (Å²) < 4.78 is 16.8. The highest BCUT2D eigenvalue weighted by molar-refractivity contribution is 7.13. The number of cyclic esters (lactones) is 1. The molecule has 0 bridgehead atoms. The minimum absolute atomic E-state index is 0.0525. The van der Waals surface area contributed by atoms with Gasteiger partial charge in [-0.05, 0) is 31.2 Å². The Kier molecular flexibility index (Phi) is 5.48. The van der Waals surface area contributed by atoms with Crippen molar-refractivity contribution in [2.24, 2.45) is 0 Å². The van der Waals surface area contributed by atoms with Gasteiger partial charge in [-0.25, -0.2) is 4.79 Å². The number of benzene rings is 1. The van der Waals surface area contributed by atoms with Gasteiger partial charge in [0.05, 0.1) is 36.4 Å². The molecule has 0 saturated carbocycles. The zero-order valence-corrected chi connectivity index (χ0v) is 18.4. The number of nitrogens with one attached hydrogen (secondary N) is 1. The number of hydrogen-bond acceptors (Lipinski definition) is 7. The lowest BCUT2D eigenvalue weighted by Gasteiger charge is -2.28. The lowest BCUT2D eigenvalue weighted by atomic mass is 10.1. The van der Waals surface area contributed by atoms with Crippen molar-refractivity contribution in [3.63, 3.8) is 0 Å². The van der Waals surface area contributed by atoms with Crippen LogP contribution in [0, 0.1) is 6.92 Å². The summed E-state index contributed by atoms with van der Waals surface area (Å²) in [5.74, 6) is 0.239. The van der Waals surface area contributed by atoms with Crippen molar-refractivity contribution in [2.45, 2.75) is 25.5 Å². The number of morpholine rings is 1. The van der Waals surface area contributed by atoms with E-state index in [4.69, 9.17) is 14.2 Å². The summed E-state index contributed by atoms with van der Waals surface area (Å²) in [6.07, 6.45) is -0.393. The molecule has 32 heavy (non-hydrogen) atoms. The molecule has 2 aromatic rings. The second-order valence-electron chi connectivity index (χ2n) is 7.87. The molecule has 5 rings (SSSR count). The molecule has 9 nitrogen and oxygen atoms in total. The van der Waals surface area contributed by atoms with Crippen LogP contribution >= 0.6 is 11.3 Å². The van der Waals surface area contributed by atoms with Crippen molar-refractivity contribution in [3.8, 4) is 5.75 Å². The molecule has 0 unspecified atom stereocenters. The molecule has 4 heterocycles. The minimum Gasteiger partial charge on any atom is -0.491 e.